The maximum Gasteiger partial charge on any atom is 0.350 e. The van der Waals surface area contributed by atoms with Crippen LogP contribution in [0.3, 0.4) is 0 Å². The van der Waals surface area contributed by atoms with E-state index in [1.165, 1.54) is 12.1 Å². The van der Waals surface area contributed by atoms with Crippen LogP contribution >= 0.6 is 7.68 Å². The Morgan fingerprint density at radius 1 is 1.15 bits per heavy atom. The normalized spacial score (nSPS) is 11.2. The van der Waals surface area contributed by atoms with E-state index >= 15 is 0 Å². The molecule has 0 bridgehead atoms. The molecule has 1 aromatic rings. The first-order valence-corrected chi connectivity index (χ1v) is 5.67. The molecule has 0 aliphatic carbocycles. The standard InChI is InChI=1S/C6H4FO4PS/c7-13(10,11)6-4-2-1-3-5(6)12(8)9/h1-4H. The van der Waals surface area contributed by atoms with Gasteiger partial charge >= 0.3 is 17.9 Å². The van der Waals surface area contributed by atoms with E-state index < -0.39 is 28.1 Å². The van der Waals surface area contributed by atoms with Gasteiger partial charge in [0.05, 0.1) is 5.30 Å². The van der Waals surface area contributed by atoms with E-state index in [0.29, 0.717) is 0 Å². The van der Waals surface area contributed by atoms with Crippen LogP contribution in [0.2, 0.25) is 0 Å². The van der Waals surface area contributed by atoms with Crippen molar-refractivity contribution in [1.29, 1.82) is 0 Å². The molecule has 0 spiro atoms. The smallest absolute Gasteiger partial charge is 0.232 e. The van der Waals surface area contributed by atoms with Crippen molar-refractivity contribution >= 4 is 23.2 Å². The van der Waals surface area contributed by atoms with E-state index in [9.17, 15) is 21.4 Å². The maximum atomic E-state index is 12.4. The summed E-state index contributed by atoms with van der Waals surface area (Å²) in [6.45, 7) is 0. The molecule has 13 heavy (non-hydrogen) atoms. The van der Waals surface area contributed by atoms with Crippen LogP contribution < -0.4 is 5.30 Å². The van der Waals surface area contributed by atoms with Crippen LogP contribution in [0.15, 0.2) is 29.2 Å². The molecule has 0 aliphatic rings. The molecule has 0 aliphatic heterocycles. The average Bonchev–Trinajstić information content (AvgIpc) is 2.03. The third-order valence-electron chi connectivity index (χ3n) is 1.32. The number of hydrogen-bond acceptors (Lipinski definition) is 4. The predicted octanol–water partition coefficient (Wildman–Crippen LogP) is 1.14. The van der Waals surface area contributed by atoms with E-state index in [2.05, 4.69) is 0 Å². The molecule has 0 saturated carbocycles. The van der Waals surface area contributed by atoms with Crippen molar-refractivity contribution in [3.63, 3.8) is 0 Å². The van der Waals surface area contributed by atoms with Crippen LogP contribution in [-0.2, 0) is 19.4 Å². The monoisotopic (exact) mass is 222 g/mol. The summed E-state index contributed by atoms with van der Waals surface area (Å²) >= 11 is 0. The van der Waals surface area contributed by atoms with Gasteiger partial charge in [0.15, 0.2) is 0 Å². The zero-order valence-corrected chi connectivity index (χ0v) is 7.89. The lowest BCUT2D eigenvalue weighted by molar-refractivity contribution is 0.521. The van der Waals surface area contributed by atoms with Crippen molar-refractivity contribution in [1.82, 2.24) is 0 Å². The molecule has 70 valence electrons. The lowest BCUT2D eigenvalue weighted by Crippen LogP contribution is -2.06. The molecule has 0 N–H and O–H groups in total. The van der Waals surface area contributed by atoms with Crippen molar-refractivity contribution in [3.8, 4) is 0 Å². The molecule has 0 aromatic heterocycles. The van der Waals surface area contributed by atoms with Crippen LogP contribution in [0, 0.1) is 0 Å². The molecule has 4 nitrogen and oxygen atoms in total. The fraction of sp³-hybridized carbons (Fsp3) is 0. The Morgan fingerprint density at radius 3 is 2.08 bits per heavy atom. The van der Waals surface area contributed by atoms with Crippen LogP contribution in [0.4, 0.5) is 3.89 Å². The topological polar surface area (TPSA) is 68.3 Å². The predicted molar refractivity (Wildman–Crippen MR) is 42.7 cm³/mol. The fourth-order valence-electron chi connectivity index (χ4n) is 0.814. The van der Waals surface area contributed by atoms with Gasteiger partial charge in [0.25, 0.3) is 0 Å². The molecular formula is C6H4FO4PS. The minimum Gasteiger partial charge on any atom is -0.232 e. The Balaban J connectivity index is 3.55. The lowest BCUT2D eigenvalue weighted by atomic mass is 10.4. The maximum absolute atomic E-state index is 12.4. The molecule has 0 saturated heterocycles. The fourth-order valence-corrected chi connectivity index (χ4v) is 2.39. The van der Waals surface area contributed by atoms with Crippen molar-refractivity contribution < 1.29 is 21.4 Å². The highest BCUT2D eigenvalue weighted by Crippen LogP contribution is 2.16. The van der Waals surface area contributed by atoms with Gasteiger partial charge in [-0.05, 0) is 12.1 Å². The average molecular weight is 222 g/mol. The Hall–Kier alpha value is -1.00. The zero-order valence-electron chi connectivity index (χ0n) is 6.18. The number of rotatable bonds is 2. The van der Waals surface area contributed by atoms with Gasteiger partial charge in [-0.3, -0.25) is 0 Å². The van der Waals surface area contributed by atoms with Crippen LogP contribution in [0.1, 0.15) is 0 Å². The Kier molecular flexibility index (Phi) is 2.63. The molecule has 1 rings (SSSR count). The summed E-state index contributed by atoms with van der Waals surface area (Å²) in [5.41, 5.74) is 0. The summed E-state index contributed by atoms with van der Waals surface area (Å²) < 4.78 is 54.2. The van der Waals surface area contributed by atoms with Crippen LogP contribution in [-0.4, -0.2) is 8.42 Å². The minimum atomic E-state index is -4.96. The molecule has 7 heteroatoms. The summed E-state index contributed by atoms with van der Waals surface area (Å²) in [7, 11) is -8.06. The molecule has 0 atom stereocenters. The van der Waals surface area contributed by atoms with Crippen molar-refractivity contribution in [2.45, 2.75) is 4.90 Å². The highest BCUT2D eigenvalue weighted by atomic mass is 32.3. The van der Waals surface area contributed by atoms with E-state index in [-0.39, 0.29) is 0 Å². The second-order valence-electron chi connectivity index (χ2n) is 2.16. The third-order valence-corrected chi connectivity index (χ3v) is 3.14. The van der Waals surface area contributed by atoms with Gasteiger partial charge in [-0.15, -0.1) is 3.89 Å². The second-order valence-corrected chi connectivity index (χ2v) is 4.47. The first kappa shape index (κ1) is 10.1. The van der Waals surface area contributed by atoms with E-state index in [0.717, 1.165) is 12.1 Å². The van der Waals surface area contributed by atoms with E-state index in [1.807, 2.05) is 0 Å². The van der Waals surface area contributed by atoms with Gasteiger partial charge in [0.2, 0.25) is 0 Å². The minimum absolute atomic E-state index is 0.528. The first-order chi connectivity index (χ1) is 5.93. The summed E-state index contributed by atoms with van der Waals surface area (Å²) in [5.74, 6) is 0. The summed E-state index contributed by atoms with van der Waals surface area (Å²) in [6.07, 6.45) is 0. The van der Waals surface area contributed by atoms with Crippen molar-refractivity contribution in [2.75, 3.05) is 0 Å². The highest BCUT2D eigenvalue weighted by molar-refractivity contribution is 7.86. The summed E-state index contributed by atoms with van der Waals surface area (Å²) in [5, 5.41) is -0.528. The molecule has 0 radical (unpaired) electrons. The summed E-state index contributed by atoms with van der Waals surface area (Å²) in [4.78, 5) is -0.814. The Labute approximate surface area is 74.4 Å². The van der Waals surface area contributed by atoms with Gasteiger partial charge < -0.3 is 0 Å². The van der Waals surface area contributed by atoms with Crippen LogP contribution in [0.5, 0.6) is 0 Å². The molecular weight excluding hydrogens is 218 g/mol. The van der Waals surface area contributed by atoms with Crippen LogP contribution in [0.25, 0.3) is 0 Å². The summed E-state index contributed by atoms with van der Waals surface area (Å²) in [6, 6.07) is 4.48. The molecule has 0 amide bonds. The van der Waals surface area contributed by atoms with Crippen molar-refractivity contribution in [3.05, 3.63) is 24.3 Å². The quantitative estimate of drug-likeness (QED) is 0.555. The zero-order chi connectivity index (χ0) is 10.1. The SMILES string of the molecule is O=P(=O)c1ccccc1S(=O)(=O)F. The van der Waals surface area contributed by atoms with E-state index in [4.69, 9.17) is 0 Å². The highest BCUT2D eigenvalue weighted by Gasteiger charge is 2.19. The lowest BCUT2D eigenvalue weighted by Gasteiger charge is -1.95. The number of benzene rings is 1. The Bertz CT molecular complexity index is 483. The molecule has 1 aromatic carbocycles. The first-order valence-electron chi connectivity index (χ1n) is 3.11. The van der Waals surface area contributed by atoms with Gasteiger partial charge in [-0.25, -0.2) is 9.13 Å². The van der Waals surface area contributed by atoms with Gasteiger partial charge in [0, 0.05) is 0 Å². The third kappa shape index (κ3) is 2.23. The van der Waals surface area contributed by atoms with E-state index in [1.54, 1.807) is 0 Å². The molecule has 0 fully saturated rings. The van der Waals surface area contributed by atoms with Gasteiger partial charge in [0.1, 0.15) is 4.90 Å². The number of halogens is 1. The Morgan fingerprint density at radius 2 is 1.69 bits per heavy atom. The largest absolute Gasteiger partial charge is 0.350 e. The second kappa shape index (κ2) is 3.40. The molecule has 0 unspecified atom stereocenters. The number of hydrogen-bond donors (Lipinski definition) is 0. The molecule has 0 heterocycles. The van der Waals surface area contributed by atoms with Gasteiger partial charge in [-0.2, -0.15) is 8.42 Å². The van der Waals surface area contributed by atoms with Crippen molar-refractivity contribution in [2.24, 2.45) is 0 Å². The van der Waals surface area contributed by atoms with Gasteiger partial charge in [-0.1, -0.05) is 12.1 Å².